The van der Waals surface area contributed by atoms with Gasteiger partial charge in [-0.25, -0.2) is 0 Å². The SMILES string of the molecule is Cc1cc(Br)ccc1NC(=O)c1ccc(NCc2ccccc2)nn1. The van der Waals surface area contributed by atoms with Crippen LogP contribution in [0.3, 0.4) is 0 Å². The maximum Gasteiger partial charge on any atom is 0.276 e. The van der Waals surface area contributed by atoms with Gasteiger partial charge in [0.2, 0.25) is 0 Å². The predicted octanol–water partition coefficient (Wildman–Crippen LogP) is 4.41. The zero-order valence-electron chi connectivity index (χ0n) is 13.7. The van der Waals surface area contributed by atoms with Gasteiger partial charge in [-0.3, -0.25) is 4.79 Å². The Morgan fingerprint density at radius 2 is 1.84 bits per heavy atom. The van der Waals surface area contributed by atoms with Crippen LogP contribution in [0.2, 0.25) is 0 Å². The molecule has 1 aromatic heterocycles. The molecule has 0 bridgehead atoms. The summed E-state index contributed by atoms with van der Waals surface area (Å²) in [4.78, 5) is 12.3. The fraction of sp³-hybridized carbons (Fsp3) is 0.105. The third-order valence-corrected chi connectivity index (χ3v) is 4.14. The molecule has 0 aliphatic rings. The number of rotatable bonds is 5. The van der Waals surface area contributed by atoms with Crippen LogP contribution in [0.5, 0.6) is 0 Å². The number of carbonyl (C=O) groups is 1. The number of carbonyl (C=O) groups excluding carboxylic acids is 1. The van der Waals surface area contributed by atoms with E-state index < -0.39 is 0 Å². The molecule has 0 saturated heterocycles. The monoisotopic (exact) mass is 396 g/mol. The Balaban J connectivity index is 1.62. The number of amides is 1. The number of aryl methyl sites for hydroxylation is 1. The topological polar surface area (TPSA) is 66.9 Å². The van der Waals surface area contributed by atoms with Crippen LogP contribution >= 0.6 is 15.9 Å². The van der Waals surface area contributed by atoms with Crippen molar-refractivity contribution in [1.82, 2.24) is 10.2 Å². The van der Waals surface area contributed by atoms with Gasteiger partial charge in [0, 0.05) is 16.7 Å². The van der Waals surface area contributed by atoms with E-state index in [1.165, 1.54) is 0 Å². The third-order valence-electron chi connectivity index (χ3n) is 3.65. The molecule has 0 saturated carbocycles. The smallest absolute Gasteiger partial charge is 0.276 e. The average Bonchev–Trinajstić information content (AvgIpc) is 2.63. The zero-order chi connectivity index (χ0) is 17.6. The highest BCUT2D eigenvalue weighted by Gasteiger charge is 2.10. The summed E-state index contributed by atoms with van der Waals surface area (Å²) in [5.41, 5.74) is 3.14. The molecule has 3 aromatic rings. The van der Waals surface area contributed by atoms with Crippen LogP contribution in [0, 0.1) is 6.92 Å². The molecule has 0 fully saturated rings. The first-order valence-electron chi connectivity index (χ1n) is 7.81. The van der Waals surface area contributed by atoms with Gasteiger partial charge in [-0.1, -0.05) is 46.3 Å². The molecular weight excluding hydrogens is 380 g/mol. The van der Waals surface area contributed by atoms with Gasteiger partial charge < -0.3 is 10.6 Å². The van der Waals surface area contributed by atoms with Crippen molar-refractivity contribution in [2.75, 3.05) is 10.6 Å². The zero-order valence-corrected chi connectivity index (χ0v) is 15.2. The Bertz CT molecular complexity index is 866. The molecule has 1 amide bonds. The molecule has 0 radical (unpaired) electrons. The summed E-state index contributed by atoms with van der Waals surface area (Å²) in [6, 6.07) is 19.1. The number of anilines is 2. The molecule has 2 aromatic carbocycles. The van der Waals surface area contributed by atoms with Gasteiger partial charge >= 0.3 is 0 Å². The summed E-state index contributed by atoms with van der Waals surface area (Å²) >= 11 is 3.40. The number of hydrogen-bond acceptors (Lipinski definition) is 4. The van der Waals surface area contributed by atoms with Crippen LogP contribution in [0.4, 0.5) is 11.5 Å². The quantitative estimate of drug-likeness (QED) is 0.669. The fourth-order valence-electron chi connectivity index (χ4n) is 2.29. The van der Waals surface area contributed by atoms with E-state index in [2.05, 4.69) is 36.8 Å². The molecule has 126 valence electrons. The summed E-state index contributed by atoms with van der Waals surface area (Å²) in [6.07, 6.45) is 0. The molecule has 5 nitrogen and oxygen atoms in total. The second kappa shape index (κ2) is 7.90. The van der Waals surface area contributed by atoms with E-state index in [-0.39, 0.29) is 11.6 Å². The molecule has 6 heteroatoms. The second-order valence-electron chi connectivity index (χ2n) is 5.56. The first-order valence-corrected chi connectivity index (χ1v) is 8.60. The third kappa shape index (κ3) is 4.64. The summed E-state index contributed by atoms with van der Waals surface area (Å²) in [7, 11) is 0. The predicted molar refractivity (Wildman–Crippen MR) is 103 cm³/mol. The number of halogens is 1. The van der Waals surface area contributed by atoms with E-state index in [1.807, 2.05) is 55.5 Å². The van der Waals surface area contributed by atoms with Gasteiger partial charge in [0.1, 0.15) is 5.82 Å². The van der Waals surface area contributed by atoms with Crippen LogP contribution in [0.1, 0.15) is 21.6 Å². The van der Waals surface area contributed by atoms with Gasteiger partial charge in [-0.05, 0) is 48.4 Å². The van der Waals surface area contributed by atoms with Gasteiger partial charge in [0.15, 0.2) is 5.69 Å². The Morgan fingerprint density at radius 1 is 1.04 bits per heavy atom. The normalized spacial score (nSPS) is 10.3. The minimum absolute atomic E-state index is 0.271. The van der Waals surface area contributed by atoms with Crippen molar-refractivity contribution >= 4 is 33.3 Å². The van der Waals surface area contributed by atoms with Crippen LogP contribution in [0.15, 0.2) is 65.1 Å². The molecule has 25 heavy (non-hydrogen) atoms. The molecule has 0 atom stereocenters. The first kappa shape index (κ1) is 17.1. The van der Waals surface area contributed by atoms with Crippen LogP contribution in [0.25, 0.3) is 0 Å². The number of benzene rings is 2. The largest absolute Gasteiger partial charge is 0.365 e. The lowest BCUT2D eigenvalue weighted by Gasteiger charge is -2.09. The lowest BCUT2D eigenvalue weighted by Crippen LogP contribution is -2.15. The number of nitrogens with one attached hydrogen (secondary N) is 2. The standard InChI is InChI=1S/C19H17BrN4O/c1-13-11-15(20)7-8-16(13)22-19(25)17-9-10-18(24-23-17)21-12-14-5-3-2-4-6-14/h2-11H,12H2,1H3,(H,21,24)(H,22,25). The minimum Gasteiger partial charge on any atom is -0.365 e. The molecule has 0 aliphatic carbocycles. The summed E-state index contributed by atoms with van der Waals surface area (Å²) < 4.78 is 0.969. The minimum atomic E-state index is -0.285. The first-order chi connectivity index (χ1) is 12.1. The van der Waals surface area contributed by atoms with E-state index in [4.69, 9.17) is 0 Å². The van der Waals surface area contributed by atoms with Crippen molar-refractivity contribution < 1.29 is 4.79 Å². The number of aromatic nitrogens is 2. The Morgan fingerprint density at radius 3 is 2.52 bits per heavy atom. The van der Waals surface area contributed by atoms with E-state index in [9.17, 15) is 4.79 Å². The molecule has 1 heterocycles. The van der Waals surface area contributed by atoms with E-state index in [0.717, 1.165) is 21.3 Å². The van der Waals surface area contributed by atoms with E-state index in [1.54, 1.807) is 12.1 Å². The lowest BCUT2D eigenvalue weighted by molar-refractivity contribution is 0.102. The van der Waals surface area contributed by atoms with Gasteiger partial charge in [0.05, 0.1) is 0 Å². The molecule has 2 N–H and O–H groups in total. The molecule has 0 aliphatic heterocycles. The lowest BCUT2D eigenvalue weighted by atomic mass is 10.2. The van der Waals surface area contributed by atoms with E-state index >= 15 is 0 Å². The highest BCUT2D eigenvalue weighted by molar-refractivity contribution is 9.10. The molecule has 0 unspecified atom stereocenters. The van der Waals surface area contributed by atoms with Crippen molar-refractivity contribution in [3.05, 3.63) is 82.0 Å². The molecule has 3 rings (SSSR count). The van der Waals surface area contributed by atoms with E-state index in [0.29, 0.717) is 12.4 Å². The Kier molecular flexibility index (Phi) is 5.40. The number of hydrogen-bond donors (Lipinski definition) is 2. The van der Waals surface area contributed by atoms with Crippen LogP contribution in [-0.4, -0.2) is 16.1 Å². The van der Waals surface area contributed by atoms with Gasteiger partial charge in [-0.2, -0.15) is 0 Å². The van der Waals surface area contributed by atoms with Gasteiger partial charge in [-0.15, -0.1) is 10.2 Å². The van der Waals surface area contributed by atoms with Crippen LogP contribution in [-0.2, 0) is 6.54 Å². The summed E-state index contributed by atoms with van der Waals surface area (Å²) in [6.45, 7) is 2.59. The summed E-state index contributed by atoms with van der Waals surface area (Å²) in [5, 5.41) is 14.1. The highest BCUT2D eigenvalue weighted by Crippen LogP contribution is 2.20. The maximum atomic E-state index is 12.3. The van der Waals surface area contributed by atoms with Crippen LogP contribution < -0.4 is 10.6 Å². The fourth-order valence-corrected chi connectivity index (χ4v) is 2.77. The Hall–Kier alpha value is -2.73. The van der Waals surface area contributed by atoms with Crippen molar-refractivity contribution in [1.29, 1.82) is 0 Å². The molecular formula is C19H17BrN4O. The average molecular weight is 397 g/mol. The summed E-state index contributed by atoms with van der Waals surface area (Å²) in [5.74, 6) is 0.341. The number of nitrogens with zero attached hydrogens (tertiary/aromatic N) is 2. The molecule has 0 spiro atoms. The van der Waals surface area contributed by atoms with Crippen molar-refractivity contribution in [3.8, 4) is 0 Å². The van der Waals surface area contributed by atoms with Gasteiger partial charge in [0.25, 0.3) is 5.91 Å². The highest BCUT2D eigenvalue weighted by atomic mass is 79.9. The second-order valence-corrected chi connectivity index (χ2v) is 6.47. The Labute approximate surface area is 154 Å². The van der Waals surface area contributed by atoms with Crippen molar-refractivity contribution in [2.45, 2.75) is 13.5 Å². The van der Waals surface area contributed by atoms with Crippen molar-refractivity contribution in [3.63, 3.8) is 0 Å². The van der Waals surface area contributed by atoms with Crippen molar-refractivity contribution in [2.24, 2.45) is 0 Å². The maximum absolute atomic E-state index is 12.3.